The normalized spacial score (nSPS) is 10.1. The smallest absolute Gasteiger partial charge is 0.117 e. The summed E-state index contributed by atoms with van der Waals surface area (Å²) in [6.45, 7) is 3.68. The van der Waals surface area contributed by atoms with Crippen molar-refractivity contribution in [3.05, 3.63) is 61.8 Å². The highest BCUT2D eigenvalue weighted by Gasteiger charge is 2.03. The molecule has 2 aromatic rings. The summed E-state index contributed by atoms with van der Waals surface area (Å²) in [7, 11) is 0. The standard InChI is InChI=1S/C12H12N3/c1-2-3-6-12-14-8-9-15(12)11-5-4-7-13-10-11/h2,4-10H,1,3H2. The van der Waals surface area contributed by atoms with Crippen LogP contribution in [0.5, 0.6) is 0 Å². The predicted molar refractivity (Wildman–Crippen MR) is 59.6 cm³/mol. The molecule has 0 amide bonds. The molecular formula is C12H12N3. The van der Waals surface area contributed by atoms with E-state index in [-0.39, 0.29) is 0 Å². The summed E-state index contributed by atoms with van der Waals surface area (Å²) in [4.78, 5) is 8.34. The number of allylic oxidation sites excluding steroid dienone is 1. The second-order valence-corrected chi connectivity index (χ2v) is 3.10. The third-order valence-corrected chi connectivity index (χ3v) is 2.06. The summed E-state index contributed by atoms with van der Waals surface area (Å²) in [5, 5.41) is 0. The zero-order chi connectivity index (χ0) is 10.5. The lowest BCUT2D eigenvalue weighted by atomic mass is 10.3. The molecule has 0 saturated heterocycles. The van der Waals surface area contributed by atoms with Crippen LogP contribution in [0.15, 0.2) is 49.6 Å². The van der Waals surface area contributed by atoms with Gasteiger partial charge in [-0.3, -0.25) is 4.98 Å². The van der Waals surface area contributed by atoms with Crippen LogP contribution in [0.1, 0.15) is 12.2 Å². The fraction of sp³-hybridized carbons (Fsp3) is 0.0833. The van der Waals surface area contributed by atoms with Gasteiger partial charge in [0.15, 0.2) is 0 Å². The number of aromatic nitrogens is 3. The molecule has 2 heterocycles. The topological polar surface area (TPSA) is 30.7 Å². The lowest BCUT2D eigenvalue weighted by Crippen LogP contribution is -1.98. The van der Waals surface area contributed by atoms with Gasteiger partial charge in [0, 0.05) is 25.0 Å². The van der Waals surface area contributed by atoms with Crippen molar-refractivity contribution in [3.8, 4) is 5.69 Å². The summed E-state index contributed by atoms with van der Waals surface area (Å²) in [6.07, 6.45) is 12.0. The molecule has 0 atom stereocenters. The van der Waals surface area contributed by atoms with E-state index in [1.54, 1.807) is 12.4 Å². The average molecular weight is 198 g/mol. The van der Waals surface area contributed by atoms with Gasteiger partial charge in [-0.25, -0.2) is 4.98 Å². The molecule has 3 nitrogen and oxygen atoms in total. The van der Waals surface area contributed by atoms with Gasteiger partial charge >= 0.3 is 0 Å². The fourth-order valence-electron chi connectivity index (χ4n) is 1.37. The van der Waals surface area contributed by atoms with E-state index in [0.29, 0.717) is 0 Å². The van der Waals surface area contributed by atoms with Gasteiger partial charge in [0.1, 0.15) is 5.82 Å². The molecule has 0 aliphatic heterocycles. The Labute approximate surface area is 89.1 Å². The highest BCUT2D eigenvalue weighted by molar-refractivity contribution is 5.31. The predicted octanol–water partition coefficient (Wildman–Crippen LogP) is 2.40. The van der Waals surface area contributed by atoms with E-state index in [9.17, 15) is 0 Å². The Kier molecular flexibility index (Phi) is 2.93. The van der Waals surface area contributed by atoms with Gasteiger partial charge in [-0.2, -0.15) is 0 Å². The van der Waals surface area contributed by atoms with Crippen LogP contribution in [0.25, 0.3) is 5.69 Å². The maximum atomic E-state index is 4.26. The first-order chi connectivity index (χ1) is 7.42. The van der Waals surface area contributed by atoms with E-state index in [1.165, 1.54) is 0 Å². The van der Waals surface area contributed by atoms with Crippen molar-refractivity contribution in [1.29, 1.82) is 0 Å². The second-order valence-electron chi connectivity index (χ2n) is 3.10. The molecule has 15 heavy (non-hydrogen) atoms. The summed E-state index contributed by atoms with van der Waals surface area (Å²) in [5.74, 6) is 0.919. The van der Waals surface area contributed by atoms with Crippen molar-refractivity contribution in [3.63, 3.8) is 0 Å². The molecule has 0 aliphatic carbocycles. The molecule has 2 rings (SSSR count). The molecular weight excluding hydrogens is 186 g/mol. The Balaban J connectivity index is 2.29. The monoisotopic (exact) mass is 198 g/mol. The Morgan fingerprint density at radius 2 is 2.33 bits per heavy atom. The van der Waals surface area contributed by atoms with Crippen LogP contribution in [0.2, 0.25) is 0 Å². The second kappa shape index (κ2) is 4.55. The van der Waals surface area contributed by atoms with E-state index in [1.807, 2.05) is 41.6 Å². The van der Waals surface area contributed by atoms with E-state index in [0.717, 1.165) is 17.9 Å². The number of pyridine rings is 1. The quantitative estimate of drug-likeness (QED) is 0.706. The zero-order valence-corrected chi connectivity index (χ0v) is 8.37. The van der Waals surface area contributed by atoms with Crippen molar-refractivity contribution in [2.24, 2.45) is 0 Å². The first kappa shape index (κ1) is 9.65. The SMILES string of the molecule is C=CC[CH]c1nccn1-c1cccnc1. The number of imidazole rings is 1. The lowest BCUT2D eigenvalue weighted by Gasteiger charge is -2.05. The number of nitrogens with zero attached hydrogens (tertiary/aromatic N) is 3. The van der Waals surface area contributed by atoms with Crippen molar-refractivity contribution < 1.29 is 0 Å². The highest BCUT2D eigenvalue weighted by Crippen LogP contribution is 2.11. The van der Waals surface area contributed by atoms with Crippen molar-refractivity contribution >= 4 is 0 Å². The third kappa shape index (κ3) is 2.13. The Morgan fingerprint density at radius 1 is 1.40 bits per heavy atom. The third-order valence-electron chi connectivity index (χ3n) is 2.06. The largest absolute Gasteiger partial charge is 0.302 e. The fourth-order valence-corrected chi connectivity index (χ4v) is 1.37. The first-order valence-electron chi connectivity index (χ1n) is 4.79. The molecule has 0 bridgehead atoms. The van der Waals surface area contributed by atoms with Gasteiger partial charge in [-0.05, 0) is 18.6 Å². The van der Waals surface area contributed by atoms with Gasteiger partial charge in [0.2, 0.25) is 0 Å². The lowest BCUT2D eigenvalue weighted by molar-refractivity contribution is 0.956. The van der Waals surface area contributed by atoms with Crippen LogP contribution in [0, 0.1) is 6.42 Å². The molecule has 0 unspecified atom stereocenters. The first-order valence-corrected chi connectivity index (χ1v) is 4.79. The van der Waals surface area contributed by atoms with Crippen LogP contribution in [0.4, 0.5) is 0 Å². The summed E-state index contributed by atoms with van der Waals surface area (Å²) < 4.78 is 2.00. The van der Waals surface area contributed by atoms with Gasteiger partial charge in [0.25, 0.3) is 0 Å². The van der Waals surface area contributed by atoms with E-state index >= 15 is 0 Å². The minimum Gasteiger partial charge on any atom is -0.302 e. The Bertz CT molecular complexity index is 431. The summed E-state index contributed by atoms with van der Waals surface area (Å²) >= 11 is 0. The summed E-state index contributed by atoms with van der Waals surface area (Å²) in [5.41, 5.74) is 1.02. The average Bonchev–Trinajstić information content (AvgIpc) is 2.75. The molecule has 0 spiro atoms. The van der Waals surface area contributed by atoms with E-state index in [2.05, 4.69) is 16.5 Å². The van der Waals surface area contributed by atoms with Crippen LogP contribution in [-0.4, -0.2) is 14.5 Å². The minimum absolute atomic E-state index is 0.817. The van der Waals surface area contributed by atoms with Gasteiger partial charge < -0.3 is 4.57 Å². The van der Waals surface area contributed by atoms with Crippen molar-refractivity contribution in [1.82, 2.24) is 14.5 Å². The highest BCUT2D eigenvalue weighted by atomic mass is 15.1. The number of rotatable bonds is 4. The Morgan fingerprint density at radius 3 is 3.07 bits per heavy atom. The molecule has 0 fully saturated rings. The summed E-state index contributed by atoms with van der Waals surface area (Å²) in [6, 6.07) is 3.91. The number of hydrogen-bond acceptors (Lipinski definition) is 2. The van der Waals surface area contributed by atoms with Crippen LogP contribution in [-0.2, 0) is 0 Å². The maximum absolute atomic E-state index is 4.26. The molecule has 3 heteroatoms. The molecule has 0 aromatic carbocycles. The maximum Gasteiger partial charge on any atom is 0.117 e. The molecule has 1 radical (unpaired) electrons. The molecule has 0 N–H and O–H groups in total. The van der Waals surface area contributed by atoms with Gasteiger partial charge in [-0.1, -0.05) is 6.08 Å². The van der Waals surface area contributed by atoms with Crippen molar-refractivity contribution in [2.75, 3.05) is 0 Å². The minimum atomic E-state index is 0.817. The van der Waals surface area contributed by atoms with E-state index in [4.69, 9.17) is 0 Å². The molecule has 75 valence electrons. The van der Waals surface area contributed by atoms with E-state index < -0.39 is 0 Å². The van der Waals surface area contributed by atoms with Crippen LogP contribution in [0.3, 0.4) is 0 Å². The molecule has 2 aromatic heterocycles. The van der Waals surface area contributed by atoms with Gasteiger partial charge in [0.05, 0.1) is 11.9 Å². The van der Waals surface area contributed by atoms with Crippen molar-refractivity contribution in [2.45, 2.75) is 6.42 Å². The zero-order valence-electron chi connectivity index (χ0n) is 8.37. The van der Waals surface area contributed by atoms with Crippen LogP contribution >= 0.6 is 0 Å². The van der Waals surface area contributed by atoms with Crippen LogP contribution < -0.4 is 0 Å². The molecule has 0 aliphatic rings. The van der Waals surface area contributed by atoms with Gasteiger partial charge in [-0.15, -0.1) is 6.58 Å². The Hall–Kier alpha value is -1.90. The number of hydrogen-bond donors (Lipinski definition) is 0. The molecule has 0 saturated carbocycles.